The molecule has 0 aliphatic carbocycles. The van der Waals surface area contributed by atoms with Crippen LogP contribution in [0.2, 0.25) is 0 Å². The molecule has 21 heavy (non-hydrogen) atoms. The van der Waals surface area contributed by atoms with E-state index in [1.54, 1.807) is 19.9 Å². The molecule has 0 radical (unpaired) electrons. The second-order valence-electron chi connectivity index (χ2n) is 5.35. The Morgan fingerprint density at radius 1 is 1.24 bits per heavy atom. The zero-order valence-corrected chi connectivity index (χ0v) is 12.9. The summed E-state index contributed by atoms with van der Waals surface area (Å²) in [5.74, 6) is -2.27. The van der Waals surface area contributed by atoms with E-state index in [1.807, 2.05) is 0 Å². The third-order valence-corrected chi connectivity index (χ3v) is 4.13. The first kappa shape index (κ1) is 16.8. The van der Waals surface area contributed by atoms with Gasteiger partial charge < -0.3 is 33.5 Å². The average molecular weight is 304 g/mol. The minimum Gasteiger partial charge on any atom is -0.385 e. The van der Waals surface area contributed by atoms with E-state index in [4.69, 9.17) is 28.4 Å². The Balaban J connectivity index is 2.15. The van der Waals surface area contributed by atoms with Gasteiger partial charge in [0.25, 0.3) is 0 Å². The molecule has 0 aromatic heterocycles. The van der Waals surface area contributed by atoms with Crippen molar-refractivity contribution in [1.82, 2.24) is 0 Å². The number of fused-ring (bicyclic) bond motifs is 1. The first-order chi connectivity index (χ1) is 9.90. The van der Waals surface area contributed by atoms with Gasteiger partial charge >= 0.3 is 0 Å². The van der Waals surface area contributed by atoms with Crippen LogP contribution in [0, 0.1) is 0 Å². The first-order valence-electron chi connectivity index (χ1n) is 6.89. The van der Waals surface area contributed by atoms with Crippen molar-refractivity contribution in [1.29, 1.82) is 0 Å². The van der Waals surface area contributed by atoms with E-state index in [2.05, 4.69) is 6.58 Å². The molecule has 2 aliphatic rings. The Kier molecular flexibility index (Phi) is 5.04. The number of hydrogen-bond donors (Lipinski definition) is 1. The van der Waals surface area contributed by atoms with Gasteiger partial charge in [-0.15, -0.1) is 6.58 Å². The summed E-state index contributed by atoms with van der Waals surface area (Å²) < 4.78 is 33.6. The summed E-state index contributed by atoms with van der Waals surface area (Å²) in [6.07, 6.45) is -1.32. The lowest BCUT2D eigenvalue weighted by molar-refractivity contribution is -0.471. The van der Waals surface area contributed by atoms with E-state index in [-0.39, 0.29) is 13.2 Å². The van der Waals surface area contributed by atoms with E-state index < -0.39 is 36.2 Å². The Labute approximate surface area is 124 Å². The van der Waals surface area contributed by atoms with Crippen molar-refractivity contribution >= 4 is 0 Å². The third kappa shape index (κ3) is 2.87. The second-order valence-corrected chi connectivity index (χ2v) is 5.35. The normalized spacial score (nSPS) is 46.9. The predicted molar refractivity (Wildman–Crippen MR) is 72.5 cm³/mol. The van der Waals surface area contributed by atoms with Crippen LogP contribution in [0.3, 0.4) is 0 Å². The summed E-state index contributed by atoms with van der Waals surface area (Å²) >= 11 is 0. The molecule has 0 saturated carbocycles. The minimum atomic E-state index is -1.16. The van der Waals surface area contributed by atoms with Crippen molar-refractivity contribution in [2.24, 2.45) is 0 Å². The molecule has 2 fully saturated rings. The van der Waals surface area contributed by atoms with Crippen LogP contribution in [0.25, 0.3) is 0 Å². The number of aliphatic hydroxyl groups is 1. The summed E-state index contributed by atoms with van der Waals surface area (Å²) in [6, 6.07) is 0. The summed E-state index contributed by atoms with van der Waals surface area (Å²) in [5.41, 5.74) is 0. The van der Waals surface area contributed by atoms with Gasteiger partial charge in [-0.05, 0) is 13.8 Å². The lowest BCUT2D eigenvalue weighted by atomic mass is 9.98. The van der Waals surface area contributed by atoms with E-state index in [0.29, 0.717) is 0 Å². The maximum absolute atomic E-state index is 10.4. The molecule has 2 heterocycles. The van der Waals surface area contributed by atoms with Crippen molar-refractivity contribution in [3.63, 3.8) is 0 Å². The van der Waals surface area contributed by atoms with E-state index >= 15 is 0 Å². The zero-order chi connectivity index (χ0) is 15.7. The van der Waals surface area contributed by atoms with Crippen molar-refractivity contribution in [3.05, 3.63) is 12.7 Å². The molecule has 0 unspecified atom stereocenters. The Morgan fingerprint density at radius 3 is 2.43 bits per heavy atom. The fraction of sp³-hybridized carbons (Fsp3) is 0.857. The fourth-order valence-corrected chi connectivity index (χ4v) is 2.54. The Hall–Kier alpha value is -0.540. The van der Waals surface area contributed by atoms with Gasteiger partial charge in [0, 0.05) is 14.2 Å². The smallest absolute Gasteiger partial charge is 0.220 e. The minimum absolute atomic E-state index is 0.224. The summed E-state index contributed by atoms with van der Waals surface area (Å²) in [6.45, 7) is 7.49. The highest BCUT2D eigenvalue weighted by Gasteiger charge is 2.60. The maximum Gasteiger partial charge on any atom is 0.220 e. The molecule has 6 atom stereocenters. The molecule has 7 heteroatoms. The molecular weight excluding hydrogens is 280 g/mol. The molecule has 0 aromatic carbocycles. The maximum atomic E-state index is 10.4. The molecule has 7 nitrogen and oxygen atoms in total. The van der Waals surface area contributed by atoms with Gasteiger partial charge in [0.2, 0.25) is 11.6 Å². The van der Waals surface area contributed by atoms with E-state index in [0.717, 1.165) is 0 Å². The summed E-state index contributed by atoms with van der Waals surface area (Å²) in [4.78, 5) is 0. The van der Waals surface area contributed by atoms with Gasteiger partial charge in [-0.25, -0.2) is 0 Å². The van der Waals surface area contributed by atoms with Crippen LogP contribution >= 0.6 is 0 Å². The average Bonchev–Trinajstić information content (AvgIpc) is 2.49. The molecule has 2 aliphatic heterocycles. The van der Waals surface area contributed by atoms with Crippen LogP contribution in [-0.2, 0) is 28.4 Å². The van der Waals surface area contributed by atoms with E-state index in [9.17, 15) is 5.11 Å². The van der Waals surface area contributed by atoms with Crippen LogP contribution in [0.15, 0.2) is 12.7 Å². The van der Waals surface area contributed by atoms with Gasteiger partial charge in [-0.2, -0.15) is 0 Å². The van der Waals surface area contributed by atoms with Gasteiger partial charge in [-0.3, -0.25) is 0 Å². The van der Waals surface area contributed by atoms with Crippen LogP contribution in [0.4, 0.5) is 0 Å². The number of rotatable bonds is 5. The topological polar surface area (TPSA) is 75.6 Å². The van der Waals surface area contributed by atoms with Gasteiger partial charge in [-0.1, -0.05) is 6.08 Å². The zero-order valence-electron chi connectivity index (χ0n) is 12.9. The summed E-state index contributed by atoms with van der Waals surface area (Å²) in [5, 5.41) is 10.4. The van der Waals surface area contributed by atoms with Crippen LogP contribution in [0.5, 0.6) is 0 Å². The quantitative estimate of drug-likeness (QED) is 0.737. The molecule has 0 spiro atoms. The van der Waals surface area contributed by atoms with Crippen molar-refractivity contribution in [3.8, 4) is 0 Å². The Bertz CT molecular complexity index is 376. The number of ether oxygens (including phenoxy) is 6. The second kappa shape index (κ2) is 6.29. The number of hydrogen-bond acceptors (Lipinski definition) is 7. The van der Waals surface area contributed by atoms with Crippen LogP contribution in [0.1, 0.15) is 13.8 Å². The predicted octanol–water partition coefficient (Wildman–Crippen LogP) is 0.415. The number of aliphatic hydroxyl groups excluding tert-OH is 1. The molecule has 0 amide bonds. The van der Waals surface area contributed by atoms with Crippen molar-refractivity contribution < 1.29 is 33.5 Å². The monoisotopic (exact) mass is 304 g/mol. The highest BCUT2D eigenvalue weighted by Crippen LogP contribution is 2.41. The molecule has 2 rings (SSSR count). The SMILES string of the molecule is C=CCO[C@H]1OC[C@H]2O[C@](C)(OC)[C@@](C)(OC)O[C@@H]2[C@H]1O. The third-order valence-electron chi connectivity index (χ3n) is 4.13. The van der Waals surface area contributed by atoms with E-state index in [1.165, 1.54) is 14.2 Å². The van der Waals surface area contributed by atoms with Gasteiger partial charge in [0.15, 0.2) is 6.29 Å². The highest BCUT2D eigenvalue weighted by atomic mass is 16.8. The van der Waals surface area contributed by atoms with Gasteiger partial charge in [0.1, 0.15) is 18.3 Å². The van der Waals surface area contributed by atoms with Crippen LogP contribution in [-0.4, -0.2) is 68.7 Å². The first-order valence-corrected chi connectivity index (χ1v) is 6.89. The standard InChI is InChI=1S/C14H24O7/c1-6-7-18-12-10(15)11-9(8-19-12)20-13(2,16-4)14(3,17-5)21-11/h6,9-12,15H,1,7-8H2,2-5H3/t9-,10-,11+,12+,13+,14+/m1/s1. The molecule has 0 aromatic rings. The van der Waals surface area contributed by atoms with Crippen molar-refractivity contribution in [2.75, 3.05) is 27.4 Å². The molecule has 0 bridgehead atoms. The molecule has 2 saturated heterocycles. The largest absolute Gasteiger partial charge is 0.385 e. The Morgan fingerprint density at radius 2 is 1.86 bits per heavy atom. The molecular formula is C14H24O7. The molecule has 1 N–H and O–H groups in total. The summed E-state index contributed by atoms with van der Waals surface area (Å²) in [7, 11) is 3.01. The fourth-order valence-electron chi connectivity index (χ4n) is 2.54. The van der Waals surface area contributed by atoms with Crippen LogP contribution < -0.4 is 0 Å². The van der Waals surface area contributed by atoms with Gasteiger partial charge in [0.05, 0.1) is 13.2 Å². The number of methoxy groups -OCH3 is 2. The lowest BCUT2D eigenvalue weighted by Crippen LogP contribution is -2.70. The highest BCUT2D eigenvalue weighted by molar-refractivity contribution is 4.96. The molecule has 122 valence electrons. The van der Waals surface area contributed by atoms with Crippen molar-refractivity contribution in [2.45, 2.75) is 50.0 Å². The lowest BCUT2D eigenvalue weighted by Gasteiger charge is -2.54.